The first kappa shape index (κ1) is 10.5. The number of likely N-dealkylation sites (N-methyl/N-ethyl adjacent to an activating group) is 1. The van der Waals surface area contributed by atoms with Crippen LogP contribution in [0.15, 0.2) is 0 Å². The van der Waals surface area contributed by atoms with Crippen molar-refractivity contribution in [1.82, 2.24) is 9.80 Å². The molecule has 4 nitrogen and oxygen atoms in total. The van der Waals surface area contributed by atoms with Gasteiger partial charge < -0.3 is 10.6 Å². The van der Waals surface area contributed by atoms with E-state index >= 15 is 0 Å². The van der Waals surface area contributed by atoms with Gasteiger partial charge in [-0.1, -0.05) is 6.92 Å². The van der Waals surface area contributed by atoms with E-state index in [0.717, 1.165) is 19.6 Å². The van der Waals surface area contributed by atoms with Gasteiger partial charge in [-0.25, -0.2) is 0 Å². The average molecular weight is 185 g/mol. The predicted molar refractivity (Wildman–Crippen MR) is 52.3 cm³/mol. The van der Waals surface area contributed by atoms with Gasteiger partial charge >= 0.3 is 0 Å². The molecular formula is C9H19N3O. The number of amides is 1. The van der Waals surface area contributed by atoms with Crippen LogP contribution in [0.4, 0.5) is 0 Å². The Morgan fingerprint density at radius 3 is 2.77 bits per heavy atom. The fourth-order valence-electron chi connectivity index (χ4n) is 1.48. The van der Waals surface area contributed by atoms with E-state index in [-0.39, 0.29) is 5.91 Å². The van der Waals surface area contributed by atoms with Gasteiger partial charge in [0.05, 0.1) is 6.54 Å². The first-order valence-electron chi connectivity index (χ1n) is 4.80. The van der Waals surface area contributed by atoms with Gasteiger partial charge in [0.15, 0.2) is 0 Å². The van der Waals surface area contributed by atoms with Gasteiger partial charge in [-0.3, -0.25) is 9.69 Å². The van der Waals surface area contributed by atoms with Crippen molar-refractivity contribution in [2.45, 2.75) is 6.92 Å². The van der Waals surface area contributed by atoms with Crippen LogP contribution in [0.5, 0.6) is 0 Å². The Morgan fingerprint density at radius 1 is 1.54 bits per heavy atom. The normalized spacial score (nSPS) is 22.1. The summed E-state index contributed by atoms with van der Waals surface area (Å²) in [7, 11) is 1.85. The van der Waals surface area contributed by atoms with Crippen LogP contribution < -0.4 is 5.73 Å². The van der Waals surface area contributed by atoms with Crippen LogP contribution in [0.2, 0.25) is 0 Å². The summed E-state index contributed by atoms with van der Waals surface area (Å²) in [5.41, 5.74) is 5.53. The molecule has 1 fully saturated rings. The second kappa shape index (κ2) is 4.58. The summed E-state index contributed by atoms with van der Waals surface area (Å²) in [6.45, 7) is 6.13. The molecule has 76 valence electrons. The minimum atomic E-state index is 0.218. The van der Waals surface area contributed by atoms with Gasteiger partial charge in [-0.15, -0.1) is 0 Å². The van der Waals surface area contributed by atoms with Crippen molar-refractivity contribution >= 4 is 5.91 Å². The molecule has 1 aliphatic rings. The largest absolute Gasteiger partial charge is 0.343 e. The molecule has 2 N–H and O–H groups in total. The zero-order valence-corrected chi connectivity index (χ0v) is 8.49. The summed E-state index contributed by atoms with van der Waals surface area (Å²) in [5, 5.41) is 0. The van der Waals surface area contributed by atoms with E-state index in [0.29, 0.717) is 19.0 Å². The van der Waals surface area contributed by atoms with Crippen LogP contribution in [0.3, 0.4) is 0 Å². The van der Waals surface area contributed by atoms with Crippen LogP contribution >= 0.6 is 0 Å². The summed E-state index contributed by atoms with van der Waals surface area (Å²) in [6.07, 6.45) is 0. The van der Waals surface area contributed by atoms with Crippen molar-refractivity contribution in [3.8, 4) is 0 Å². The predicted octanol–water partition coefficient (Wildman–Crippen LogP) is -0.645. The third-order valence-corrected chi connectivity index (χ3v) is 2.51. The molecular weight excluding hydrogens is 166 g/mol. The number of nitrogens with two attached hydrogens (primary N) is 1. The minimum absolute atomic E-state index is 0.218. The highest BCUT2D eigenvalue weighted by Gasteiger charge is 2.21. The SMILES string of the molecule is CC(CN)CN1CCN(C)C(=O)C1. The van der Waals surface area contributed by atoms with E-state index in [9.17, 15) is 4.79 Å². The fourth-order valence-corrected chi connectivity index (χ4v) is 1.48. The number of carbonyl (C=O) groups is 1. The molecule has 1 heterocycles. The van der Waals surface area contributed by atoms with Gasteiger partial charge in [-0.05, 0) is 12.5 Å². The van der Waals surface area contributed by atoms with Crippen LogP contribution in [0.25, 0.3) is 0 Å². The van der Waals surface area contributed by atoms with Gasteiger partial charge in [0.25, 0.3) is 0 Å². The molecule has 1 aliphatic heterocycles. The number of piperazine rings is 1. The zero-order valence-electron chi connectivity index (χ0n) is 8.49. The lowest BCUT2D eigenvalue weighted by Gasteiger charge is -2.33. The lowest BCUT2D eigenvalue weighted by atomic mass is 10.1. The second-order valence-corrected chi connectivity index (χ2v) is 3.89. The molecule has 13 heavy (non-hydrogen) atoms. The Morgan fingerprint density at radius 2 is 2.23 bits per heavy atom. The number of carbonyl (C=O) groups excluding carboxylic acids is 1. The minimum Gasteiger partial charge on any atom is -0.343 e. The molecule has 1 amide bonds. The highest BCUT2D eigenvalue weighted by molar-refractivity contribution is 5.78. The van der Waals surface area contributed by atoms with Gasteiger partial charge in [0, 0.05) is 26.7 Å². The van der Waals surface area contributed by atoms with Crippen LogP contribution in [-0.4, -0.2) is 55.5 Å². The van der Waals surface area contributed by atoms with Crippen molar-refractivity contribution < 1.29 is 4.79 Å². The van der Waals surface area contributed by atoms with Crippen molar-refractivity contribution in [1.29, 1.82) is 0 Å². The lowest BCUT2D eigenvalue weighted by Crippen LogP contribution is -2.49. The smallest absolute Gasteiger partial charge is 0.236 e. The maximum absolute atomic E-state index is 11.3. The highest BCUT2D eigenvalue weighted by Crippen LogP contribution is 2.04. The molecule has 0 saturated carbocycles. The molecule has 1 unspecified atom stereocenters. The van der Waals surface area contributed by atoms with E-state index in [1.807, 2.05) is 7.05 Å². The van der Waals surface area contributed by atoms with E-state index in [4.69, 9.17) is 5.73 Å². The Hall–Kier alpha value is -0.610. The Kier molecular flexibility index (Phi) is 3.69. The third-order valence-electron chi connectivity index (χ3n) is 2.51. The molecule has 0 spiro atoms. The topological polar surface area (TPSA) is 49.6 Å². The molecule has 1 saturated heterocycles. The standard InChI is InChI=1S/C9H19N3O/c1-8(5-10)6-12-4-3-11(2)9(13)7-12/h8H,3-7,10H2,1-2H3. The first-order valence-corrected chi connectivity index (χ1v) is 4.80. The lowest BCUT2D eigenvalue weighted by molar-refractivity contribution is -0.134. The van der Waals surface area contributed by atoms with Crippen LogP contribution in [0.1, 0.15) is 6.92 Å². The molecule has 1 atom stereocenters. The Labute approximate surface area is 79.7 Å². The molecule has 4 heteroatoms. The van der Waals surface area contributed by atoms with E-state index in [1.54, 1.807) is 4.90 Å². The van der Waals surface area contributed by atoms with Crippen molar-refractivity contribution in [2.24, 2.45) is 11.7 Å². The second-order valence-electron chi connectivity index (χ2n) is 3.89. The van der Waals surface area contributed by atoms with Crippen LogP contribution in [-0.2, 0) is 4.79 Å². The number of nitrogens with zero attached hydrogens (tertiary/aromatic N) is 2. The summed E-state index contributed by atoms with van der Waals surface area (Å²) in [6, 6.07) is 0. The van der Waals surface area contributed by atoms with Gasteiger partial charge in [0.1, 0.15) is 0 Å². The Balaban J connectivity index is 2.33. The number of rotatable bonds is 3. The summed E-state index contributed by atoms with van der Waals surface area (Å²) in [4.78, 5) is 15.3. The summed E-state index contributed by atoms with van der Waals surface area (Å²) >= 11 is 0. The fraction of sp³-hybridized carbons (Fsp3) is 0.889. The van der Waals surface area contributed by atoms with E-state index in [1.165, 1.54) is 0 Å². The van der Waals surface area contributed by atoms with E-state index in [2.05, 4.69) is 11.8 Å². The monoisotopic (exact) mass is 185 g/mol. The summed E-state index contributed by atoms with van der Waals surface area (Å²) in [5.74, 6) is 0.701. The maximum atomic E-state index is 11.3. The Bertz CT molecular complexity index is 184. The molecule has 0 aromatic heterocycles. The number of hydrogen-bond acceptors (Lipinski definition) is 3. The maximum Gasteiger partial charge on any atom is 0.236 e. The number of hydrogen-bond donors (Lipinski definition) is 1. The van der Waals surface area contributed by atoms with Crippen molar-refractivity contribution in [2.75, 3.05) is 39.8 Å². The highest BCUT2D eigenvalue weighted by atomic mass is 16.2. The van der Waals surface area contributed by atoms with Crippen molar-refractivity contribution in [3.05, 3.63) is 0 Å². The summed E-state index contributed by atoms with van der Waals surface area (Å²) < 4.78 is 0. The molecule has 0 aromatic rings. The molecule has 1 rings (SSSR count). The molecule has 0 bridgehead atoms. The molecule has 0 aliphatic carbocycles. The van der Waals surface area contributed by atoms with Crippen molar-refractivity contribution in [3.63, 3.8) is 0 Å². The molecule has 0 aromatic carbocycles. The first-order chi connectivity index (χ1) is 6.13. The zero-order chi connectivity index (χ0) is 9.84. The van der Waals surface area contributed by atoms with E-state index < -0.39 is 0 Å². The van der Waals surface area contributed by atoms with Gasteiger partial charge in [0.2, 0.25) is 5.91 Å². The van der Waals surface area contributed by atoms with Gasteiger partial charge in [-0.2, -0.15) is 0 Å². The average Bonchev–Trinajstić information content (AvgIpc) is 2.11. The van der Waals surface area contributed by atoms with Crippen LogP contribution in [0, 0.1) is 5.92 Å². The third kappa shape index (κ3) is 2.97. The molecule has 0 radical (unpaired) electrons. The quantitative estimate of drug-likeness (QED) is 0.636.